The van der Waals surface area contributed by atoms with Gasteiger partial charge in [-0.3, -0.25) is 4.79 Å². The second kappa shape index (κ2) is 5.49. The van der Waals surface area contributed by atoms with E-state index in [0.717, 1.165) is 18.2 Å². The number of halogens is 2. The molecule has 0 aliphatic rings. The first-order chi connectivity index (χ1) is 7.78. The molecule has 1 N–H and O–H groups in total. The lowest BCUT2D eigenvalue weighted by Gasteiger charge is -2.17. The Morgan fingerprint density at radius 2 is 2.00 bits per heavy atom. The fourth-order valence-corrected chi connectivity index (χ4v) is 1.70. The minimum Gasteiger partial charge on any atom is -0.323 e. The van der Waals surface area contributed by atoms with E-state index in [-0.39, 0.29) is 22.1 Å². The van der Waals surface area contributed by atoms with Crippen molar-refractivity contribution in [2.45, 2.75) is 25.5 Å². The van der Waals surface area contributed by atoms with Gasteiger partial charge in [0.1, 0.15) is 11.6 Å². The largest absolute Gasteiger partial charge is 0.323 e. The monoisotopic (exact) mass is 259 g/mol. The summed E-state index contributed by atoms with van der Waals surface area (Å²) < 4.78 is 26.0. The minimum atomic E-state index is -0.638. The number of benzene rings is 1. The van der Waals surface area contributed by atoms with Gasteiger partial charge in [0.05, 0.1) is 11.4 Å². The Balaban J connectivity index is 2.59. The zero-order valence-electron chi connectivity index (χ0n) is 10.0. The Hall–Kier alpha value is -1.10. The van der Waals surface area contributed by atoms with Crippen molar-refractivity contribution in [2.75, 3.05) is 11.1 Å². The van der Waals surface area contributed by atoms with Gasteiger partial charge in [-0.2, -0.15) is 0 Å². The molecule has 0 saturated heterocycles. The number of hydrogen-bond acceptors (Lipinski definition) is 2. The molecule has 0 atom stereocenters. The summed E-state index contributed by atoms with van der Waals surface area (Å²) in [6.45, 7) is 5.94. The van der Waals surface area contributed by atoms with Gasteiger partial charge in [-0.05, 0) is 12.1 Å². The summed E-state index contributed by atoms with van der Waals surface area (Å²) in [7, 11) is 0. The molecule has 1 amide bonds. The Morgan fingerprint density at radius 3 is 2.59 bits per heavy atom. The van der Waals surface area contributed by atoms with Crippen LogP contribution in [0.4, 0.5) is 14.5 Å². The van der Waals surface area contributed by atoms with Crippen LogP contribution >= 0.6 is 11.8 Å². The van der Waals surface area contributed by atoms with Gasteiger partial charge in [0.25, 0.3) is 0 Å². The zero-order valence-corrected chi connectivity index (χ0v) is 10.8. The molecule has 0 aliphatic heterocycles. The van der Waals surface area contributed by atoms with Crippen molar-refractivity contribution in [2.24, 2.45) is 0 Å². The van der Waals surface area contributed by atoms with Gasteiger partial charge in [0.2, 0.25) is 5.91 Å². The summed E-state index contributed by atoms with van der Waals surface area (Å²) >= 11 is 1.44. The molecule has 0 fully saturated rings. The summed E-state index contributed by atoms with van der Waals surface area (Å²) in [6, 6.07) is 2.96. The van der Waals surface area contributed by atoms with Crippen molar-refractivity contribution in [3.63, 3.8) is 0 Å². The van der Waals surface area contributed by atoms with Crippen molar-refractivity contribution < 1.29 is 13.6 Å². The average molecular weight is 259 g/mol. The van der Waals surface area contributed by atoms with Gasteiger partial charge >= 0.3 is 0 Å². The smallest absolute Gasteiger partial charge is 0.234 e. The number of carbonyl (C=O) groups is 1. The van der Waals surface area contributed by atoms with Gasteiger partial charge in [0.15, 0.2) is 0 Å². The molecule has 0 radical (unpaired) electrons. The van der Waals surface area contributed by atoms with Crippen molar-refractivity contribution in [1.29, 1.82) is 0 Å². The predicted octanol–water partition coefficient (Wildman–Crippen LogP) is 3.44. The predicted molar refractivity (Wildman–Crippen MR) is 67.2 cm³/mol. The summed E-state index contributed by atoms with van der Waals surface area (Å²) in [5.41, 5.74) is -0.121. The van der Waals surface area contributed by atoms with Gasteiger partial charge in [-0.25, -0.2) is 8.78 Å². The first kappa shape index (κ1) is 14.0. The Labute approximate surface area is 104 Å². The lowest BCUT2D eigenvalue weighted by Crippen LogP contribution is -2.19. The van der Waals surface area contributed by atoms with E-state index in [1.165, 1.54) is 11.8 Å². The quantitative estimate of drug-likeness (QED) is 0.901. The molecule has 94 valence electrons. The van der Waals surface area contributed by atoms with Crippen LogP contribution in [0.5, 0.6) is 0 Å². The SMILES string of the molecule is CC(C)(C)SCC(=O)Nc1cc(F)ccc1F. The maximum Gasteiger partial charge on any atom is 0.234 e. The number of nitrogens with one attached hydrogen (secondary N) is 1. The number of carbonyl (C=O) groups excluding carboxylic acids is 1. The number of anilines is 1. The topological polar surface area (TPSA) is 29.1 Å². The molecule has 0 aromatic heterocycles. The summed E-state index contributed by atoms with van der Waals surface area (Å²) in [5.74, 6) is -1.35. The van der Waals surface area contributed by atoms with Crippen molar-refractivity contribution in [3.8, 4) is 0 Å². The third-order valence-electron chi connectivity index (χ3n) is 1.84. The van der Waals surface area contributed by atoms with Crippen molar-refractivity contribution in [1.82, 2.24) is 0 Å². The van der Waals surface area contributed by atoms with Gasteiger partial charge in [-0.1, -0.05) is 20.8 Å². The third kappa shape index (κ3) is 5.17. The van der Waals surface area contributed by atoms with E-state index in [1.807, 2.05) is 20.8 Å². The van der Waals surface area contributed by atoms with E-state index in [2.05, 4.69) is 5.32 Å². The number of rotatable bonds is 3. The standard InChI is InChI=1S/C12H15F2NOS/c1-12(2,3)17-7-11(16)15-10-6-8(13)4-5-9(10)14/h4-6H,7H2,1-3H3,(H,15,16). The van der Waals surface area contributed by atoms with E-state index in [4.69, 9.17) is 0 Å². The molecule has 1 aromatic carbocycles. The lowest BCUT2D eigenvalue weighted by molar-refractivity contribution is -0.113. The van der Waals surface area contributed by atoms with Crippen LogP contribution in [0, 0.1) is 11.6 Å². The highest BCUT2D eigenvalue weighted by molar-refractivity contribution is 8.01. The van der Waals surface area contributed by atoms with Crippen LogP contribution in [0.25, 0.3) is 0 Å². The second-order valence-electron chi connectivity index (χ2n) is 4.57. The van der Waals surface area contributed by atoms with Gasteiger partial charge < -0.3 is 5.32 Å². The second-order valence-corrected chi connectivity index (χ2v) is 6.38. The fraction of sp³-hybridized carbons (Fsp3) is 0.417. The van der Waals surface area contributed by atoms with E-state index in [9.17, 15) is 13.6 Å². The Bertz CT molecular complexity index is 415. The molecule has 5 heteroatoms. The molecule has 0 aliphatic carbocycles. The highest BCUT2D eigenvalue weighted by atomic mass is 32.2. The molecule has 2 nitrogen and oxygen atoms in total. The molecular weight excluding hydrogens is 244 g/mol. The van der Waals surface area contributed by atoms with Crippen molar-refractivity contribution in [3.05, 3.63) is 29.8 Å². The van der Waals surface area contributed by atoms with E-state index >= 15 is 0 Å². The van der Waals surface area contributed by atoms with Crippen LogP contribution < -0.4 is 5.32 Å². The summed E-state index contributed by atoms with van der Waals surface area (Å²) in [4.78, 5) is 11.5. The number of hydrogen-bond donors (Lipinski definition) is 1. The molecule has 1 aromatic rings. The molecular formula is C12H15F2NOS. The molecule has 0 spiro atoms. The Morgan fingerprint density at radius 1 is 1.35 bits per heavy atom. The summed E-state index contributed by atoms with van der Waals surface area (Å²) in [5, 5.41) is 2.35. The molecule has 0 unspecified atom stereocenters. The normalized spacial score (nSPS) is 11.4. The Kier molecular flexibility index (Phi) is 4.51. The van der Waals surface area contributed by atoms with Crippen LogP contribution in [0.1, 0.15) is 20.8 Å². The fourth-order valence-electron chi connectivity index (χ4n) is 1.06. The molecule has 17 heavy (non-hydrogen) atoms. The number of amides is 1. The maximum absolute atomic E-state index is 13.2. The van der Waals surface area contributed by atoms with E-state index in [1.54, 1.807) is 0 Å². The highest BCUT2D eigenvalue weighted by Crippen LogP contribution is 2.23. The zero-order chi connectivity index (χ0) is 13.1. The first-order valence-corrected chi connectivity index (χ1v) is 6.15. The molecule has 1 rings (SSSR count). The van der Waals surface area contributed by atoms with E-state index in [0.29, 0.717) is 0 Å². The summed E-state index contributed by atoms with van der Waals surface area (Å²) in [6.07, 6.45) is 0. The first-order valence-electron chi connectivity index (χ1n) is 5.17. The van der Waals surface area contributed by atoms with Crippen LogP contribution in [0.15, 0.2) is 18.2 Å². The van der Waals surface area contributed by atoms with Crippen LogP contribution in [0.2, 0.25) is 0 Å². The molecule has 0 saturated carbocycles. The maximum atomic E-state index is 13.2. The lowest BCUT2D eigenvalue weighted by atomic mass is 10.3. The average Bonchev–Trinajstić information content (AvgIpc) is 2.20. The van der Waals surface area contributed by atoms with Crippen LogP contribution in [-0.4, -0.2) is 16.4 Å². The van der Waals surface area contributed by atoms with Gasteiger partial charge in [-0.15, -0.1) is 11.8 Å². The van der Waals surface area contributed by atoms with Crippen LogP contribution in [-0.2, 0) is 4.79 Å². The van der Waals surface area contributed by atoms with Gasteiger partial charge in [0, 0.05) is 10.8 Å². The minimum absolute atomic E-state index is 0.0438. The number of thioether (sulfide) groups is 1. The molecule has 0 bridgehead atoms. The third-order valence-corrected chi connectivity index (χ3v) is 3.11. The van der Waals surface area contributed by atoms with Crippen LogP contribution in [0.3, 0.4) is 0 Å². The molecule has 0 heterocycles. The van der Waals surface area contributed by atoms with E-state index < -0.39 is 11.6 Å². The van der Waals surface area contributed by atoms with Crippen molar-refractivity contribution >= 4 is 23.4 Å². The highest BCUT2D eigenvalue weighted by Gasteiger charge is 2.14.